The maximum atomic E-state index is 5.20. The molecule has 0 amide bonds. The second-order valence-electron chi connectivity index (χ2n) is 5.40. The molecule has 0 saturated heterocycles. The number of hydrogen-bond donors (Lipinski definition) is 0. The van der Waals surface area contributed by atoms with Gasteiger partial charge in [-0.05, 0) is 54.4 Å². The number of benzene rings is 2. The van der Waals surface area contributed by atoms with Gasteiger partial charge in [-0.25, -0.2) is 0 Å². The van der Waals surface area contributed by atoms with Crippen LogP contribution < -0.4 is 4.74 Å². The van der Waals surface area contributed by atoms with E-state index in [9.17, 15) is 0 Å². The largest absolute Gasteiger partial charge is 0.497 e. The lowest BCUT2D eigenvalue weighted by molar-refractivity contribution is 0.414. The van der Waals surface area contributed by atoms with Crippen LogP contribution in [0.4, 0.5) is 0 Å². The highest BCUT2D eigenvalue weighted by Gasteiger charge is 2.37. The van der Waals surface area contributed by atoms with Crippen LogP contribution in [0.3, 0.4) is 0 Å². The normalized spacial score (nSPS) is 21.1. The average Bonchev–Trinajstić information content (AvgIpc) is 3.26. The van der Waals surface area contributed by atoms with Gasteiger partial charge in [-0.1, -0.05) is 42.5 Å². The maximum Gasteiger partial charge on any atom is 0.118 e. The molecular weight excluding hydrogens is 232 g/mol. The van der Waals surface area contributed by atoms with Gasteiger partial charge in [-0.15, -0.1) is 0 Å². The minimum absolute atomic E-state index is 0.773. The van der Waals surface area contributed by atoms with Crippen molar-refractivity contribution in [2.75, 3.05) is 7.11 Å². The first-order valence-corrected chi connectivity index (χ1v) is 7.04. The van der Waals surface area contributed by atoms with Crippen LogP contribution in [0.2, 0.25) is 0 Å². The summed E-state index contributed by atoms with van der Waals surface area (Å²) in [7, 11) is 1.72. The van der Waals surface area contributed by atoms with Crippen LogP contribution in [0, 0.1) is 5.92 Å². The molecule has 0 aliphatic heterocycles. The van der Waals surface area contributed by atoms with Gasteiger partial charge in [0.1, 0.15) is 5.75 Å². The monoisotopic (exact) mass is 252 g/mol. The highest BCUT2D eigenvalue weighted by molar-refractivity contribution is 5.32. The van der Waals surface area contributed by atoms with E-state index < -0.39 is 0 Å². The Labute approximate surface area is 115 Å². The molecule has 0 heterocycles. The lowest BCUT2D eigenvalue weighted by Crippen LogP contribution is -1.89. The first-order valence-electron chi connectivity index (χ1n) is 7.04. The Morgan fingerprint density at radius 3 is 2.42 bits per heavy atom. The fourth-order valence-electron chi connectivity index (χ4n) is 2.82. The second-order valence-corrected chi connectivity index (χ2v) is 5.40. The summed E-state index contributed by atoms with van der Waals surface area (Å²) in [6, 6.07) is 19.4. The van der Waals surface area contributed by atoms with Crippen molar-refractivity contribution in [1.82, 2.24) is 0 Å². The lowest BCUT2D eigenvalue weighted by atomic mass is 10.0. The molecule has 2 aromatic rings. The van der Waals surface area contributed by atoms with Crippen molar-refractivity contribution < 1.29 is 4.74 Å². The van der Waals surface area contributed by atoms with Crippen LogP contribution in [0.15, 0.2) is 54.6 Å². The summed E-state index contributed by atoms with van der Waals surface area (Å²) in [5.74, 6) is 2.59. The molecule has 0 radical (unpaired) electrons. The van der Waals surface area contributed by atoms with Crippen molar-refractivity contribution in [2.24, 2.45) is 5.92 Å². The molecule has 2 aromatic carbocycles. The molecule has 98 valence electrons. The summed E-state index contributed by atoms with van der Waals surface area (Å²) < 4.78 is 5.20. The minimum atomic E-state index is 0.773. The molecule has 1 nitrogen and oxygen atoms in total. The summed E-state index contributed by atoms with van der Waals surface area (Å²) in [6.07, 6.45) is 3.86. The molecule has 0 N–H and O–H groups in total. The Bertz CT molecular complexity index is 515. The zero-order valence-corrected chi connectivity index (χ0v) is 11.4. The average molecular weight is 252 g/mol. The SMILES string of the molecule is COc1ccc(C2CC2CCc2ccccc2)cc1. The van der Waals surface area contributed by atoms with E-state index in [1.165, 1.54) is 30.4 Å². The fraction of sp³-hybridized carbons (Fsp3) is 0.333. The summed E-state index contributed by atoms with van der Waals surface area (Å²) >= 11 is 0. The Balaban J connectivity index is 1.53. The third-order valence-corrected chi connectivity index (χ3v) is 4.11. The zero-order valence-electron chi connectivity index (χ0n) is 11.4. The molecule has 0 aromatic heterocycles. The summed E-state index contributed by atoms with van der Waals surface area (Å²) in [6.45, 7) is 0. The van der Waals surface area contributed by atoms with Crippen LogP contribution in [-0.2, 0) is 6.42 Å². The van der Waals surface area contributed by atoms with Crippen LogP contribution in [-0.4, -0.2) is 7.11 Å². The predicted octanol–water partition coefficient (Wildman–Crippen LogP) is 4.43. The number of ether oxygens (including phenoxy) is 1. The van der Waals surface area contributed by atoms with Crippen molar-refractivity contribution in [3.63, 3.8) is 0 Å². The highest BCUT2D eigenvalue weighted by Crippen LogP contribution is 2.50. The number of aryl methyl sites for hydroxylation is 1. The van der Waals surface area contributed by atoms with E-state index in [1.54, 1.807) is 7.11 Å². The van der Waals surface area contributed by atoms with E-state index in [4.69, 9.17) is 4.74 Å². The van der Waals surface area contributed by atoms with E-state index >= 15 is 0 Å². The second kappa shape index (κ2) is 5.48. The summed E-state index contributed by atoms with van der Waals surface area (Å²) in [5.41, 5.74) is 2.93. The Hall–Kier alpha value is -1.76. The van der Waals surface area contributed by atoms with Crippen molar-refractivity contribution in [3.05, 3.63) is 65.7 Å². The number of hydrogen-bond acceptors (Lipinski definition) is 1. The van der Waals surface area contributed by atoms with E-state index in [1.807, 2.05) is 0 Å². The molecule has 1 fully saturated rings. The van der Waals surface area contributed by atoms with Crippen molar-refractivity contribution in [1.29, 1.82) is 0 Å². The standard InChI is InChI=1S/C18H20O/c1-19-17-11-9-15(10-12-17)18-13-16(18)8-7-14-5-3-2-4-6-14/h2-6,9-12,16,18H,7-8,13H2,1H3. The summed E-state index contributed by atoms with van der Waals surface area (Å²) in [4.78, 5) is 0. The van der Waals surface area contributed by atoms with Gasteiger partial charge >= 0.3 is 0 Å². The van der Waals surface area contributed by atoms with Gasteiger partial charge in [0, 0.05) is 0 Å². The zero-order chi connectivity index (χ0) is 13.1. The number of rotatable bonds is 5. The molecule has 2 unspecified atom stereocenters. The predicted molar refractivity (Wildman–Crippen MR) is 78.6 cm³/mol. The lowest BCUT2D eigenvalue weighted by Gasteiger charge is -2.03. The van der Waals surface area contributed by atoms with E-state index in [2.05, 4.69) is 54.6 Å². The van der Waals surface area contributed by atoms with Gasteiger partial charge < -0.3 is 4.74 Å². The van der Waals surface area contributed by atoms with Crippen LogP contribution in [0.25, 0.3) is 0 Å². The molecule has 1 heteroatoms. The van der Waals surface area contributed by atoms with E-state index in [0.717, 1.165) is 17.6 Å². The summed E-state index contributed by atoms with van der Waals surface area (Å²) in [5, 5.41) is 0. The van der Waals surface area contributed by atoms with Gasteiger partial charge in [0.25, 0.3) is 0 Å². The number of methoxy groups -OCH3 is 1. The molecule has 1 aliphatic carbocycles. The maximum absolute atomic E-state index is 5.20. The fourth-order valence-corrected chi connectivity index (χ4v) is 2.82. The van der Waals surface area contributed by atoms with Crippen LogP contribution in [0.5, 0.6) is 5.75 Å². The van der Waals surface area contributed by atoms with Gasteiger partial charge in [-0.3, -0.25) is 0 Å². The first-order chi connectivity index (χ1) is 9.36. The van der Waals surface area contributed by atoms with E-state index in [-0.39, 0.29) is 0 Å². The Morgan fingerprint density at radius 1 is 1.00 bits per heavy atom. The third kappa shape index (κ3) is 2.98. The molecule has 2 atom stereocenters. The quantitative estimate of drug-likeness (QED) is 0.764. The third-order valence-electron chi connectivity index (χ3n) is 4.11. The van der Waals surface area contributed by atoms with Gasteiger partial charge in [0.2, 0.25) is 0 Å². The van der Waals surface area contributed by atoms with Crippen molar-refractivity contribution >= 4 is 0 Å². The molecular formula is C18H20O. The van der Waals surface area contributed by atoms with Crippen LogP contribution in [0.1, 0.15) is 29.9 Å². The van der Waals surface area contributed by atoms with E-state index in [0.29, 0.717) is 0 Å². The van der Waals surface area contributed by atoms with Crippen molar-refractivity contribution in [2.45, 2.75) is 25.2 Å². The molecule has 1 aliphatic rings. The van der Waals surface area contributed by atoms with Gasteiger partial charge in [-0.2, -0.15) is 0 Å². The highest BCUT2D eigenvalue weighted by atomic mass is 16.5. The molecule has 1 saturated carbocycles. The van der Waals surface area contributed by atoms with Crippen LogP contribution >= 0.6 is 0 Å². The van der Waals surface area contributed by atoms with Gasteiger partial charge in [0.05, 0.1) is 7.11 Å². The molecule has 19 heavy (non-hydrogen) atoms. The molecule has 3 rings (SSSR count). The topological polar surface area (TPSA) is 9.23 Å². The molecule has 0 bridgehead atoms. The molecule has 0 spiro atoms. The minimum Gasteiger partial charge on any atom is -0.497 e. The van der Waals surface area contributed by atoms with Gasteiger partial charge in [0.15, 0.2) is 0 Å². The van der Waals surface area contributed by atoms with Crippen molar-refractivity contribution in [3.8, 4) is 5.75 Å². The Morgan fingerprint density at radius 2 is 1.74 bits per heavy atom. The smallest absolute Gasteiger partial charge is 0.118 e. The first kappa shape index (κ1) is 12.3. The Kier molecular flexibility index (Phi) is 3.54.